The third-order valence-electron chi connectivity index (χ3n) is 2.31. The second kappa shape index (κ2) is 6.60. The molecule has 0 fully saturated rings. The first kappa shape index (κ1) is 14.0. The number of carbonyl (C=O) groups excluding carboxylic acids is 1. The molecule has 0 radical (unpaired) electrons. The molecule has 1 atom stereocenters. The summed E-state index contributed by atoms with van der Waals surface area (Å²) in [5.41, 5.74) is 1.69. The van der Waals surface area contributed by atoms with Crippen LogP contribution >= 0.6 is 0 Å². The Morgan fingerprint density at radius 1 is 1.61 bits per heavy atom. The lowest BCUT2D eigenvalue weighted by molar-refractivity contribution is -0.140. The molecule has 0 saturated heterocycles. The molecular weight excluding hydrogens is 240 g/mol. The SMILES string of the molecule is COCC(NC(=O)NCc1cn[nH]c1C)C(=O)O. The number of amides is 2. The van der Waals surface area contributed by atoms with E-state index in [1.165, 1.54) is 7.11 Å². The Labute approximate surface area is 104 Å². The van der Waals surface area contributed by atoms with Crippen molar-refractivity contribution in [3.63, 3.8) is 0 Å². The van der Waals surface area contributed by atoms with Gasteiger partial charge >= 0.3 is 12.0 Å². The molecule has 8 heteroatoms. The van der Waals surface area contributed by atoms with E-state index in [1.54, 1.807) is 6.20 Å². The summed E-state index contributed by atoms with van der Waals surface area (Å²) in [6.07, 6.45) is 1.60. The molecule has 0 aliphatic carbocycles. The fourth-order valence-corrected chi connectivity index (χ4v) is 1.28. The number of aliphatic carboxylic acids is 1. The molecule has 100 valence electrons. The molecule has 1 aromatic heterocycles. The van der Waals surface area contributed by atoms with Crippen LogP contribution in [0.1, 0.15) is 11.3 Å². The van der Waals surface area contributed by atoms with Gasteiger partial charge in [-0.25, -0.2) is 9.59 Å². The summed E-state index contributed by atoms with van der Waals surface area (Å²) in [6, 6.07) is -1.64. The van der Waals surface area contributed by atoms with E-state index in [-0.39, 0.29) is 13.2 Å². The van der Waals surface area contributed by atoms with Crippen LogP contribution in [0.15, 0.2) is 6.20 Å². The lowest BCUT2D eigenvalue weighted by atomic mass is 10.2. The quantitative estimate of drug-likeness (QED) is 0.553. The van der Waals surface area contributed by atoms with Crippen LogP contribution in [-0.4, -0.2) is 47.1 Å². The van der Waals surface area contributed by atoms with E-state index in [1.807, 2.05) is 6.92 Å². The number of nitrogens with zero attached hydrogens (tertiary/aromatic N) is 1. The summed E-state index contributed by atoms with van der Waals surface area (Å²) in [6.45, 7) is 2.01. The molecule has 0 aliphatic heterocycles. The van der Waals surface area contributed by atoms with Gasteiger partial charge in [-0.05, 0) is 6.92 Å². The molecule has 1 heterocycles. The number of urea groups is 1. The van der Waals surface area contributed by atoms with Crippen LogP contribution in [0, 0.1) is 6.92 Å². The Bertz CT molecular complexity index is 418. The lowest BCUT2D eigenvalue weighted by Gasteiger charge is -2.14. The van der Waals surface area contributed by atoms with Gasteiger partial charge in [-0.15, -0.1) is 0 Å². The molecule has 0 aromatic carbocycles. The summed E-state index contributed by atoms with van der Waals surface area (Å²) < 4.78 is 4.70. The number of H-pyrrole nitrogens is 1. The van der Waals surface area contributed by atoms with E-state index in [0.717, 1.165) is 11.3 Å². The Morgan fingerprint density at radius 2 is 2.33 bits per heavy atom. The number of methoxy groups -OCH3 is 1. The van der Waals surface area contributed by atoms with Gasteiger partial charge in [0, 0.05) is 24.9 Å². The number of aromatic amines is 1. The van der Waals surface area contributed by atoms with Crippen LogP contribution in [0.25, 0.3) is 0 Å². The minimum atomic E-state index is -1.15. The second-order valence-electron chi connectivity index (χ2n) is 3.69. The number of carboxylic acids is 1. The molecule has 0 spiro atoms. The zero-order chi connectivity index (χ0) is 13.5. The van der Waals surface area contributed by atoms with E-state index in [4.69, 9.17) is 9.84 Å². The molecule has 1 rings (SSSR count). The van der Waals surface area contributed by atoms with Crippen molar-refractivity contribution in [2.24, 2.45) is 0 Å². The maximum atomic E-state index is 11.5. The van der Waals surface area contributed by atoms with Gasteiger partial charge in [0.2, 0.25) is 0 Å². The van der Waals surface area contributed by atoms with Crippen molar-refractivity contribution in [1.29, 1.82) is 0 Å². The average molecular weight is 256 g/mol. The summed E-state index contributed by atoms with van der Waals surface area (Å²) >= 11 is 0. The number of nitrogens with one attached hydrogen (secondary N) is 3. The molecule has 0 bridgehead atoms. The standard InChI is InChI=1S/C10H16N4O4/c1-6-7(4-12-14-6)3-11-10(17)13-8(5-18-2)9(15)16/h4,8H,3,5H2,1-2H3,(H,12,14)(H,15,16)(H2,11,13,17). The fourth-order valence-electron chi connectivity index (χ4n) is 1.28. The van der Waals surface area contributed by atoms with Crippen molar-refractivity contribution < 1.29 is 19.4 Å². The van der Waals surface area contributed by atoms with Gasteiger partial charge in [-0.2, -0.15) is 5.10 Å². The maximum absolute atomic E-state index is 11.5. The van der Waals surface area contributed by atoms with Gasteiger partial charge in [-0.3, -0.25) is 5.10 Å². The highest BCUT2D eigenvalue weighted by Crippen LogP contribution is 2.00. The number of aryl methyl sites for hydroxylation is 1. The number of carbonyl (C=O) groups is 2. The molecule has 8 nitrogen and oxygen atoms in total. The first-order valence-corrected chi connectivity index (χ1v) is 5.29. The zero-order valence-electron chi connectivity index (χ0n) is 10.2. The number of hydrogen-bond donors (Lipinski definition) is 4. The third kappa shape index (κ3) is 4.06. The van der Waals surface area contributed by atoms with Crippen molar-refractivity contribution >= 4 is 12.0 Å². The molecular formula is C10H16N4O4. The predicted molar refractivity (Wildman–Crippen MR) is 62.0 cm³/mol. The van der Waals surface area contributed by atoms with Crippen LogP contribution in [0.4, 0.5) is 4.79 Å². The van der Waals surface area contributed by atoms with Crippen LogP contribution in [0.3, 0.4) is 0 Å². The number of ether oxygens (including phenoxy) is 1. The molecule has 2 amide bonds. The van der Waals surface area contributed by atoms with E-state index in [9.17, 15) is 9.59 Å². The number of rotatable bonds is 6. The van der Waals surface area contributed by atoms with Gasteiger partial charge in [0.05, 0.1) is 12.8 Å². The molecule has 4 N–H and O–H groups in total. The Hall–Kier alpha value is -2.09. The smallest absolute Gasteiger partial charge is 0.328 e. The molecule has 0 saturated carbocycles. The molecule has 18 heavy (non-hydrogen) atoms. The van der Waals surface area contributed by atoms with E-state index in [2.05, 4.69) is 20.8 Å². The highest BCUT2D eigenvalue weighted by molar-refractivity contribution is 5.82. The largest absolute Gasteiger partial charge is 0.480 e. The highest BCUT2D eigenvalue weighted by atomic mass is 16.5. The van der Waals surface area contributed by atoms with Crippen LogP contribution < -0.4 is 10.6 Å². The van der Waals surface area contributed by atoms with E-state index < -0.39 is 18.0 Å². The topological polar surface area (TPSA) is 116 Å². The van der Waals surface area contributed by atoms with Gasteiger partial charge in [-0.1, -0.05) is 0 Å². The first-order valence-electron chi connectivity index (χ1n) is 5.29. The predicted octanol–water partition coefficient (Wildman–Crippen LogP) is -0.383. The minimum absolute atomic E-state index is 0.0898. The minimum Gasteiger partial charge on any atom is -0.480 e. The van der Waals surface area contributed by atoms with Crippen molar-refractivity contribution in [2.45, 2.75) is 19.5 Å². The average Bonchev–Trinajstić information content (AvgIpc) is 2.71. The molecule has 1 aromatic rings. The highest BCUT2D eigenvalue weighted by Gasteiger charge is 2.19. The third-order valence-corrected chi connectivity index (χ3v) is 2.31. The second-order valence-corrected chi connectivity index (χ2v) is 3.69. The van der Waals surface area contributed by atoms with Crippen molar-refractivity contribution in [2.75, 3.05) is 13.7 Å². The number of carboxylic acid groups (broad SMARTS) is 1. The van der Waals surface area contributed by atoms with Crippen LogP contribution in [0.2, 0.25) is 0 Å². The van der Waals surface area contributed by atoms with Gasteiger partial charge in [0.15, 0.2) is 6.04 Å². The normalized spacial score (nSPS) is 11.9. The summed E-state index contributed by atoms with van der Waals surface area (Å²) in [5, 5.41) is 20.2. The summed E-state index contributed by atoms with van der Waals surface area (Å²) in [4.78, 5) is 22.2. The lowest BCUT2D eigenvalue weighted by Crippen LogP contribution is -2.48. The maximum Gasteiger partial charge on any atom is 0.328 e. The van der Waals surface area contributed by atoms with Gasteiger partial charge in [0.25, 0.3) is 0 Å². The molecule has 1 unspecified atom stereocenters. The van der Waals surface area contributed by atoms with Crippen molar-refractivity contribution in [1.82, 2.24) is 20.8 Å². The summed E-state index contributed by atoms with van der Waals surface area (Å²) in [7, 11) is 1.37. The Balaban J connectivity index is 2.41. The van der Waals surface area contributed by atoms with Crippen molar-refractivity contribution in [3.05, 3.63) is 17.5 Å². The Kier molecular flexibility index (Phi) is 5.12. The van der Waals surface area contributed by atoms with Gasteiger partial charge in [0.1, 0.15) is 0 Å². The van der Waals surface area contributed by atoms with Crippen molar-refractivity contribution in [3.8, 4) is 0 Å². The van der Waals surface area contributed by atoms with Gasteiger partial charge < -0.3 is 20.5 Å². The van der Waals surface area contributed by atoms with Crippen LogP contribution in [-0.2, 0) is 16.1 Å². The first-order chi connectivity index (χ1) is 8.54. The zero-order valence-corrected chi connectivity index (χ0v) is 10.2. The number of hydrogen-bond acceptors (Lipinski definition) is 4. The number of aromatic nitrogens is 2. The molecule has 0 aliphatic rings. The van der Waals surface area contributed by atoms with E-state index in [0.29, 0.717) is 0 Å². The summed E-state index contributed by atoms with van der Waals surface area (Å²) in [5.74, 6) is -1.15. The van der Waals surface area contributed by atoms with E-state index >= 15 is 0 Å². The van der Waals surface area contributed by atoms with Crippen LogP contribution in [0.5, 0.6) is 0 Å². The Morgan fingerprint density at radius 3 is 2.83 bits per heavy atom. The fraction of sp³-hybridized carbons (Fsp3) is 0.500. The monoisotopic (exact) mass is 256 g/mol.